The minimum Gasteiger partial charge on any atom is -0.341 e. The fourth-order valence-corrected chi connectivity index (χ4v) is 5.45. The Morgan fingerprint density at radius 3 is 2.45 bits per heavy atom. The van der Waals surface area contributed by atoms with Gasteiger partial charge in [0, 0.05) is 6.92 Å². The van der Waals surface area contributed by atoms with Crippen LogP contribution in [0.2, 0.25) is 0 Å². The van der Waals surface area contributed by atoms with E-state index in [1.54, 1.807) is 26.1 Å². The first-order valence-electron chi connectivity index (χ1n) is 13.7. The molecule has 0 spiro atoms. The lowest BCUT2D eigenvalue weighted by Crippen LogP contribution is -2.55. The lowest BCUT2D eigenvalue weighted by atomic mass is 9.93. The lowest BCUT2D eigenvalue weighted by molar-refractivity contribution is -0.137. The molecule has 1 heterocycles. The normalized spacial score (nSPS) is 17.8. The Labute approximate surface area is 241 Å². The van der Waals surface area contributed by atoms with E-state index in [9.17, 15) is 32.8 Å². The van der Waals surface area contributed by atoms with Gasteiger partial charge in [0.25, 0.3) is 5.91 Å². The molecule has 1 aliphatic carbocycles. The largest absolute Gasteiger partial charge is 0.416 e. The first-order valence-corrected chi connectivity index (χ1v) is 13.7. The molecule has 2 N–H and O–H groups in total. The van der Waals surface area contributed by atoms with Crippen LogP contribution in [0.15, 0.2) is 48.5 Å². The van der Waals surface area contributed by atoms with Crippen LogP contribution in [0.3, 0.4) is 0 Å². The lowest BCUT2D eigenvalue weighted by Gasteiger charge is -2.28. The van der Waals surface area contributed by atoms with Crippen molar-refractivity contribution in [3.05, 3.63) is 70.8 Å². The van der Waals surface area contributed by atoms with Gasteiger partial charge in [-0.05, 0) is 78.9 Å². The Morgan fingerprint density at radius 2 is 1.83 bits per heavy atom. The van der Waals surface area contributed by atoms with Crippen molar-refractivity contribution in [3.63, 3.8) is 0 Å². The predicted octanol–water partition coefficient (Wildman–Crippen LogP) is 4.60. The van der Waals surface area contributed by atoms with Crippen molar-refractivity contribution in [1.82, 2.24) is 10.6 Å². The molecule has 3 amide bonds. The SMILES string of the molecule is CN[C@@H](C)C(=O)N[C@H]1CN(C(C)=O)c2cc(C(F)(F)F)ccc2N(Cc2c(C3CC3)ccc3c(C#N)cccc23)C1=O. The summed E-state index contributed by atoms with van der Waals surface area (Å²) in [4.78, 5) is 42.4. The van der Waals surface area contributed by atoms with Crippen molar-refractivity contribution >= 4 is 39.9 Å². The molecular formula is C31H30F3N5O3. The van der Waals surface area contributed by atoms with Gasteiger partial charge < -0.3 is 20.4 Å². The number of likely N-dealkylation sites (N-methyl/N-ethyl adjacent to an activating group) is 1. The summed E-state index contributed by atoms with van der Waals surface area (Å²) in [6.45, 7) is 2.44. The molecule has 2 aliphatic rings. The Hall–Kier alpha value is -4.43. The van der Waals surface area contributed by atoms with E-state index in [2.05, 4.69) is 16.7 Å². The molecule has 1 aliphatic heterocycles. The summed E-state index contributed by atoms with van der Waals surface area (Å²) in [7, 11) is 1.58. The van der Waals surface area contributed by atoms with E-state index in [-0.39, 0.29) is 30.4 Å². The molecule has 11 heteroatoms. The first-order chi connectivity index (χ1) is 19.9. The van der Waals surface area contributed by atoms with Gasteiger partial charge in [-0.3, -0.25) is 14.4 Å². The smallest absolute Gasteiger partial charge is 0.341 e. The van der Waals surface area contributed by atoms with Crippen LogP contribution >= 0.6 is 0 Å². The average Bonchev–Trinajstić information content (AvgIpc) is 3.81. The molecule has 0 radical (unpaired) electrons. The number of carbonyl (C=O) groups is 3. The maximum Gasteiger partial charge on any atom is 0.416 e. The Kier molecular flexibility index (Phi) is 7.68. The maximum atomic E-state index is 14.2. The summed E-state index contributed by atoms with van der Waals surface area (Å²) < 4.78 is 41.4. The number of alkyl halides is 3. The van der Waals surface area contributed by atoms with Gasteiger partial charge in [-0.1, -0.05) is 24.3 Å². The van der Waals surface area contributed by atoms with E-state index >= 15 is 0 Å². The Bertz CT molecular complexity index is 1630. The maximum absolute atomic E-state index is 14.2. The van der Waals surface area contributed by atoms with E-state index in [0.29, 0.717) is 10.9 Å². The number of nitriles is 1. The number of halogens is 3. The van der Waals surface area contributed by atoms with Gasteiger partial charge >= 0.3 is 6.18 Å². The summed E-state index contributed by atoms with van der Waals surface area (Å²) in [5.74, 6) is -1.38. The predicted molar refractivity (Wildman–Crippen MR) is 152 cm³/mol. The van der Waals surface area contributed by atoms with Gasteiger partial charge in [0.05, 0.1) is 47.7 Å². The van der Waals surface area contributed by atoms with E-state index in [1.807, 2.05) is 18.2 Å². The highest BCUT2D eigenvalue weighted by Crippen LogP contribution is 2.45. The summed E-state index contributed by atoms with van der Waals surface area (Å²) in [5.41, 5.74) is 1.31. The number of carbonyl (C=O) groups excluding carboxylic acids is 3. The molecule has 0 unspecified atom stereocenters. The van der Waals surface area contributed by atoms with Gasteiger partial charge in [-0.2, -0.15) is 18.4 Å². The first kappa shape index (κ1) is 29.1. The van der Waals surface area contributed by atoms with Crippen LogP contribution in [0.1, 0.15) is 54.9 Å². The summed E-state index contributed by atoms with van der Waals surface area (Å²) in [5, 5.41) is 16.7. The third-order valence-electron chi connectivity index (χ3n) is 8.00. The van der Waals surface area contributed by atoms with Gasteiger partial charge in [-0.15, -0.1) is 0 Å². The number of hydrogen-bond acceptors (Lipinski definition) is 5. The number of nitrogens with zero attached hydrogens (tertiary/aromatic N) is 3. The molecule has 3 aromatic rings. The second-order valence-corrected chi connectivity index (χ2v) is 10.7. The quantitative estimate of drug-likeness (QED) is 0.446. The summed E-state index contributed by atoms with van der Waals surface area (Å²) >= 11 is 0. The average molecular weight is 578 g/mol. The number of benzene rings is 3. The van der Waals surface area contributed by atoms with E-state index in [0.717, 1.165) is 46.4 Å². The molecule has 1 fully saturated rings. The van der Waals surface area contributed by atoms with Crippen LogP contribution in [0, 0.1) is 11.3 Å². The van der Waals surface area contributed by atoms with Crippen molar-refractivity contribution < 1.29 is 27.6 Å². The van der Waals surface area contributed by atoms with Crippen LogP contribution in [0.5, 0.6) is 0 Å². The fourth-order valence-electron chi connectivity index (χ4n) is 5.45. The topological polar surface area (TPSA) is 106 Å². The molecule has 0 saturated heterocycles. The molecule has 1 saturated carbocycles. The monoisotopic (exact) mass is 577 g/mol. The highest BCUT2D eigenvalue weighted by molar-refractivity contribution is 6.08. The third kappa shape index (κ3) is 5.42. The highest BCUT2D eigenvalue weighted by atomic mass is 19.4. The second kappa shape index (κ2) is 11.1. The number of rotatable bonds is 6. The molecule has 8 nitrogen and oxygen atoms in total. The van der Waals surface area contributed by atoms with Crippen molar-refractivity contribution in [3.8, 4) is 6.07 Å². The Balaban J connectivity index is 1.71. The minimum atomic E-state index is -4.68. The third-order valence-corrected chi connectivity index (χ3v) is 8.00. The molecule has 0 aromatic heterocycles. The van der Waals surface area contributed by atoms with Crippen molar-refractivity contribution in [2.75, 3.05) is 23.4 Å². The van der Waals surface area contributed by atoms with Crippen LogP contribution in [-0.4, -0.2) is 43.4 Å². The van der Waals surface area contributed by atoms with Crippen LogP contribution < -0.4 is 20.4 Å². The molecule has 2 atom stereocenters. The van der Waals surface area contributed by atoms with Gasteiger partial charge in [0.15, 0.2) is 0 Å². The number of hydrogen-bond donors (Lipinski definition) is 2. The zero-order chi connectivity index (χ0) is 30.3. The number of amides is 3. The molecular weight excluding hydrogens is 547 g/mol. The molecule has 42 heavy (non-hydrogen) atoms. The highest BCUT2D eigenvalue weighted by Gasteiger charge is 2.40. The van der Waals surface area contributed by atoms with Crippen molar-refractivity contribution in [2.45, 2.75) is 57.4 Å². The van der Waals surface area contributed by atoms with Crippen LogP contribution in [0.4, 0.5) is 24.5 Å². The molecule has 218 valence electrons. The number of fused-ring (bicyclic) bond motifs is 2. The summed E-state index contributed by atoms with van der Waals surface area (Å²) in [6, 6.07) is 12.4. The van der Waals surface area contributed by atoms with Crippen molar-refractivity contribution in [2.24, 2.45) is 0 Å². The minimum absolute atomic E-state index is 0.0328. The van der Waals surface area contributed by atoms with Gasteiger partial charge in [-0.25, -0.2) is 0 Å². The van der Waals surface area contributed by atoms with Crippen LogP contribution in [-0.2, 0) is 27.1 Å². The number of anilines is 2. The zero-order valence-corrected chi connectivity index (χ0v) is 23.4. The Morgan fingerprint density at radius 1 is 1.10 bits per heavy atom. The van der Waals surface area contributed by atoms with E-state index in [1.165, 1.54) is 17.9 Å². The van der Waals surface area contributed by atoms with Gasteiger partial charge in [0.1, 0.15) is 6.04 Å². The van der Waals surface area contributed by atoms with Gasteiger partial charge in [0.2, 0.25) is 11.8 Å². The molecule has 0 bridgehead atoms. The van der Waals surface area contributed by atoms with E-state index < -0.39 is 41.5 Å². The zero-order valence-electron chi connectivity index (χ0n) is 23.4. The molecule has 3 aromatic carbocycles. The van der Waals surface area contributed by atoms with Crippen LogP contribution in [0.25, 0.3) is 10.8 Å². The van der Waals surface area contributed by atoms with E-state index in [4.69, 9.17) is 0 Å². The fraction of sp³-hybridized carbons (Fsp3) is 0.355. The second-order valence-electron chi connectivity index (χ2n) is 10.7. The van der Waals surface area contributed by atoms with Crippen molar-refractivity contribution in [1.29, 1.82) is 5.26 Å². The molecule has 5 rings (SSSR count). The summed E-state index contributed by atoms with van der Waals surface area (Å²) in [6.07, 6.45) is -2.78. The number of nitrogens with one attached hydrogen (secondary N) is 2. The standard InChI is InChI=1S/C31H30F3N5O3/c1-17(36-3)29(41)37-26-16-38(18(2)40)28-13-21(31(32,33)34)9-12-27(28)39(30(26)42)15-25-22(19-7-8-19)10-11-23-20(14-35)5-4-6-24(23)25/h4-6,9-13,17,19,26,36H,7-8,15-16H2,1-3H3,(H,37,41)/t17-,26-/m0/s1.